The molecule has 118 heavy (non-hydrogen) atoms. The molecular formula is C80H89Br3Cl3F3N12O14S3. The Morgan fingerprint density at radius 1 is 0.542 bits per heavy atom. The number of thiazole rings is 3. The molecular weight excluding hydrogens is 1850 g/mol. The molecule has 0 aliphatic carbocycles. The highest BCUT2D eigenvalue weighted by Crippen LogP contribution is 2.48. The van der Waals surface area contributed by atoms with Crippen LogP contribution >= 0.6 is 117 Å². The molecule has 5 saturated heterocycles. The molecule has 0 saturated carbocycles. The number of alkyl halides is 3. The molecule has 3 unspecified atom stereocenters. The van der Waals surface area contributed by atoms with Crippen LogP contribution in [0.25, 0.3) is 0 Å². The van der Waals surface area contributed by atoms with Crippen molar-refractivity contribution >= 4 is 176 Å². The van der Waals surface area contributed by atoms with Crippen LogP contribution in [0.15, 0.2) is 138 Å². The predicted molar refractivity (Wildman–Crippen MR) is 455 cm³/mol. The molecule has 26 nitrogen and oxygen atoms in total. The summed E-state index contributed by atoms with van der Waals surface area (Å²) in [6.45, 7) is 8.98. The van der Waals surface area contributed by atoms with Crippen LogP contribution in [0.5, 0.6) is 0 Å². The molecule has 9 atom stereocenters. The minimum absolute atomic E-state index is 0.0383. The SMILES string of the molecule is CCOC(=O)C1=C2C[C@H](N)CN2C(c2nccs2)=N[C@H]1c1ccc(F)cc1Cl.CCOC(=O)C1=C2C[C@H](N3CCCC3C(=O)OC)CN2C(c2nccs2)=N[C@H]1c1ccc(F)cc1Cl.CCOC(=O)C1=C2C[C@H](N3CCCC3C(=O)OC)CN2C(c2nccs2)=N[C@H]1c1ccc(F)cc1Cl.COC(=O)C(Br)CCCBr.O=C(O)CCCCBr. The number of hydrogen-bond acceptors (Lipinski definition) is 28. The van der Waals surface area contributed by atoms with Crippen molar-refractivity contribution in [1.82, 2.24) is 39.5 Å². The number of benzene rings is 3. The van der Waals surface area contributed by atoms with Gasteiger partial charge in [0, 0.05) is 158 Å². The average Bonchev–Trinajstić information content (AvgIpc) is 1.67. The third kappa shape index (κ3) is 22.4. The second-order valence-electron chi connectivity index (χ2n) is 27.5. The molecule has 11 heterocycles. The monoisotopic (exact) mass is 1940 g/mol. The largest absolute Gasteiger partial charge is 0.481 e. The Morgan fingerprint density at radius 3 is 1.22 bits per heavy atom. The zero-order valence-corrected chi connectivity index (χ0v) is 74.8. The van der Waals surface area contributed by atoms with Gasteiger partial charge in [0.1, 0.15) is 52.5 Å². The summed E-state index contributed by atoms with van der Waals surface area (Å²) in [6, 6.07) is 9.09. The highest BCUT2D eigenvalue weighted by Gasteiger charge is 2.50. The number of rotatable bonds is 24. The van der Waals surface area contributed by atoms with Crippen LogP contribution in [0.4, 0.5) is 13.2 Å². The Bertz CT molecular complexity index is 4580. The summed E-state index contributed by atoms with van der Waals surface area (Å²) < 4.78 is 72.2. The fraction of sp³-hybridized carbons (Fsp3) is 0.463. The normalized spacial score (nSPS) is 21.5. The second kappa shape index (κ2) is 44.3. The minimum atomic E-state index is -0.781. The predicted octanol–water partition coefficient (Wildman–Crippen LogP) is 15.0. The highest BCUT2D eigenvalue weighted by molar-refractivity contribution is 9.10. The summed E-state index contributed by atoms with van der Waals surface area (Å²) in [5.74, 6) is -2.37. The first-order valence-electron chi connectivity index (χ1n) is 38.1. The number of carboxylic acids is 1. The molecule has 38 heteroatoms. The van der Waals surface area contributed by atoms with Gasteiger partial charge in [-0.05, 0) is 122 Å². The van der Waals surface area contributed by atoms with Crippen LogP contribution < -0.4 is 5.73 Å². The van der Waals surface area contributed by atoms with Crippen LogP contribution in [0.3, 0.4) is 0 Å². The van der Waals surface area contributed by atoms with Crippen molar-refractivity contribution in [2.24, 2.45) is 20.7 Å². The Morgan fingerprint density at radius 2 is 0.907 bits per heavy atom. The fourth-order valence-corrected chi connectivity index (χ4v) is 19.0. The van der Waals surface area contributed by atoms with Gasteiger partial charge in [-0.1, -0.05) is 101 Å². The molecule has 8 aliphatic heterocycles. The van der Waals surface area contributed by atoms with Crippen molar-refractivity contribution in [2.45, 2.75) is 151 Å². The maximum absolute atomic E-state index is 13.9. The van der Waals surface area contributed by atoms with Gasteiger partial charge in [-0.3, -0.25) is 44.0 Å². The van der Waals surface area contributed by atoms with E-state index in [0.717, 1.165) is 97.2 Å². The quantitative estimate of drug-likeness (QED) is 0.0246. The van der Waals surface area contributed by atoms with Gasteiger partial charge in [-0.2, -0.15) is 0 Å². The number of amidine groups is 3. The summed E-state index contributed by atoms with van der Waals surface area (Å²) in [6.07, 6.45) is 13.7. The number of aliphatic imine (C=N–C) groups is 3. The van der Waals surface area contributed by atoms with Gasteiger partial charge in [0.15, 0.2) is 32.5 Å². The topological polar surface area (TPSA) is 313 Å². The molecule has 14 rings (SSSR count). The van der Waals surface area contributed by atoms with Gasteiger partial charge in [0.05, 0.1) is 57.9 Å². The lowest BCUT2D eigenvalue weighted by atomic mass is 9.94. The maximum Gasteiger partial charge on any atom is 0.338 e. The lowest BCUT2D eigenvalue weighted by Gasteiger charge is -2.32. The zero-order valence-electron chi connectivity index (χ0n) is 65.3. The van der Waals surface area contributed by atoms with E-state index in [1.165, 1.54) is 91.7 Å². The van der Waals surface area contributed by atoms with E-state index in [4.69, 9.17) is 84.3 Å². The Hall–Kier alpha value is -7.55. The third-order valence-electron chi connectivity index (χ3n) is 20.2. The minimum Gasteiger partial charge on any atom is -0.481 e. The Balaban J connectivity index is 0.000000169. The van der Waals surface area contributed by atoms with E-state index in [0.29, 0.717) is 106 Å². The molecule has 3 aromatic carbocycles. The lowest BCUT2D eigenvalue weighted by Crippen LogP contribution is -2.45. The summed E-state index contributed by atoms with van der Waals surface area (Å²) in [7, 11) is 4.20. The number of aliphatic carboxylic acids is 1. The number of unbranched alkanes of at least 4 members (excludes halogenated alkanes) is 1. The van der Waals surface area contributed by atoms with Crippen molar-refractivity contribution in [3.8, 4) is 0 Å². The molecule has 0 spiro atoms. The molecule has 5 fully saturated rings. The number of carbonyl (C=O) groups excluding carboxylic acids is 6. The first kappa shape index (κ1) is 92.7. The maximum atomic E-state index is 13.9. The number of likely N-dealkylation sites (tertiary alicyclic amines) is 2. The summed E-state index contributed by atoms with van der Waals surface area (Å²) in [5, 5.41) is 18.2. The van der Waals surface area contributed by atoms with Gasteiger partial charge < -0.3 is 54.0 Å². The van der Waals surface area contributed by atoms with Gasteiger partial charge in [0.25, 0.3) is 0 Å². The summed E-state index contributed by atoms with van der Waals surface area (Å²) >= 11 is 33.3. The number of aromatic nitrogens is 3. The van der Waals surface area contributed by atoms with E-state index in [2.05, 4.69) is 77.3 Å². The number of carboxylic acid groups (broad SMARTS) is 1. The molecule has 3 aromatic heterocycles. The number of hydrogen-bond donors (Lipinski definition) is 2. The van der Waals surface area contributed by atoms with Gasteiger partial charge in [-0.15, -0.1) is 34.0 Å². The summed E-state index contributed by atoms with van der Waals surface area (Å²) in [5.41, 5.74) is 11.2. The van der Waals surface area contributed by atoms with E-state index >= 15 is 0 Å². The Kier molecular flexibility index (Phi) is 34.8. The number of halogens is 9. The van der Waals surface area contributed by atoms with Crippen molar-refractivity contribution in [3.05, 3.63) is 187 Å². The first-order chi connectivity index (χ1) is 56.8. The summed E-state index contributed by atoms with van der Waals surface area (Å²) in [4.78, 5) is 123. The highest BCUT2D eigenvalue weighted by atomic mass is 79.9. The smallest absolute Gasteiger partial charge is 0.338 e. The number of carbonyl (C=O) groups is 7. The lowest BCUT2D eigenvalue weighted by molar-refractivity contribution is -0.147. The van der Waals surface area contributed by atoms with Crippen LogP contribution in [-0.4, -0.2) is 223 Å². The van der Waals surface area contributed by atoms with Gasteiger partial charge in [-0.25, -0.2) is 42.5 Å². The van der Waals surface area contributed by atoms with Crippen molar-refractivity contribution in [2.75, 3.05) is 84.5 Å². The third-order valence-corrected chi connectivity index (χ3v) is 25.4. The molecule has 8 aliphatic rings. The number of esters is 6. The van der Waals surface area contributed by atoms with Crippen LogP contribution in [0.1, 0.15) is 148 Å². The van der Waals surface area contributed by atoms with Crippen molar-refractivity contribution in [3.63, 3.8) is 0 Å². The van der Waals surface area contributed by atoms with E-state index in [1.54, 1.807) is 57.6 Å². The molecule has 634 valence electrons. The molecule has 0 bridgehead atoms. The van der Waals surface area contributed by atoms with Crippen LogP contribution in [-0.2, 0) is 62.0 Å². The number of nitrogens with two attached hydrogens (primary N) is 1. The van der Waals surface area contributed by atoms with E-state index in [9.17, 15) is 46.7 Å². The molecule has 0 radical (unpaired) electrons. The van der Waals surface area contributed by atoms with Crippen molar-refractivity contribution < 1.29 is 80.3 Å². The molecule has 6 aromatic rings. The Labute approximate surface area is 733 Å². The number of nitrogens with zero attached hydrogens (tertiary/aromatic N) is 11. The fourth-order valence-electron chi connectivity index (χ4n) is 15.1. The van der Waals surface area contributed by atoms with Crippen molar-refractivity contribution in [1.29, 1.82) is 0 Å². The standard InChI is InChI=1S/2C25H26ClFN4O4S.C19H18ClFN4O2S.C6H10Br2O2.C5H9BrO2/c2*1-3-35-25(33)20-19-12-15(30-9-4-5-18(30)24(32)34-2)13-31(19)22(23-28-8-10-36-23)29-21(20)16-7-6-14(27)11-17(16)26;1-2-27-19(26)15-14-8-11(22)9-25(14)17(18-23-5-6-28-18)24-16(15)12-4-3-10(21)7-13(12)20;1-10-6(9)5(8)3-2-4-7;6-4-2-1-3-5(7)8/h2*6-8,10-11,15,18,21H,3-5,9,12-13H2,1-2H3;3-7,11,16H,2,8-9,22H2,1H3;5H,2-4H2,1H3;1-4H2,(H,7,8)/t2*15-,18?,21-;11-,16-;;/m000../s1. The van der Waals surface area contributed by atoms with E-state index < -0.39 is 59.5 Å². The zero-order chi connectivity index (χ0) is 85.0. The van der Waals surface area contributed by atoms with Gasteiger partial charge >= 0.3 is 41.8 Å². The number of ether oxygens (including phenoxy) is 6. The number of fused-ring (bicyclic) bond motifs is 3. The van der Waals surface area contributed by atoms with E-state index in [-0.39, 0.29) is 87.8 Å². The average molecular weight is 1940 g/mol. The number of methoxy groups -OCH3 is 3. The first-order valence-corrected chi connectivity index (χ1v) is 45.1. The van der Waals surface area contributed by atoms with Crippen LogP contribution in [0, 0.1) is 17.5 Å². The second-order valence-corrected chi connectivity index (χ2v) is 34.1. The van der Waals surface area contributed by atoms with E-state index in [1.807, 2.05) is 30.8 Å². The molecule has 3 N–H and O–H groups in total. The molecule has 0 amide bonds. The van der Waals surface area contributed by atoms with Crippen LogP contribution in [0.2, 0.25) is 15.1 Å². The van der Waals surface area contributed by atoms with Gasteiger partial charge in [0.2, 0.25) is 0 Å².